The third-order valence-electron chi connectivity index (χ3n) is 5.80. The van der Waals surface area contributed by atoms with E-state index in [-0.39, 0.29) is 5.92 Å². The van der Waals surface area contributed by atoms with Gasteiger partial charge in [0.05, 0.1) is 5.92 Å². The summed E-state index contributed by atoms with van der Waals surface area (Å²) in [4.78, 5) is 14.0. The third-order valence-corrected chi connectivity index (χ3v) is 5.80. The van der Waals surface area contributed by atoms with E-state index in [1.54, 1.807) is 0 Å². The molecule has 3 rings (SSSR count). The monoisotopic (exact) mass is 294 g/mol. The van der Waals surface area contributed by atoms with Gasteiger partial charge in [-0.2, -0.15) is 0 Å². The number of aliphatic carboxylic acids is 1. The maximum atomic E-state index is 11.5. The fourth-order valence-electron chi connectivity index (χ4n) is 4.13. The van der Waals surface area contributed by atoms with Gasteiger partial charge in [-0.25, -0.2) is 0 Å². The van der Waals surface area contributed by atoms with Gasteiger partial charge in [-0.3, -0.25) is 9.69 Å². The summed E-state index contributed by atoms with van der Waals surface area (Å²) in [5.41, 5.74) is 0. The molecule has 2 N–H and O–H groups in total. The molecular formula is C17H30N2O2. The van der Waals surface area contributed by atoms with Crippen molar-refractivity contribution in [3.8, 4) is 0 Å². The second-order valence-corrected chi connectivity index (χ2v) is 7.44. The highest BCUT2D eigenvalue weighted by atomic mass is 16.4. The molecule has 3 unspecified atom stereocenters. The topological polar surface area (TPSA) is 52.6 Å². The number of rotatable bonds is 7. The first-order chi connectivity index (χ1) is 10.2. The van der Waals surface area contributed by atoms with Gasteiger partial charge in [-0.1, -0.05) is 13.3 Å². The van der Waals surface area contributed by atoms with Gasteiger partial charge in [-0.05, 0) is 56.9 Å². The number of carboxylic acid groups (broad SMARTS) is 1. The molecule has 0 aromatic heterocycles. The number of piperidine rings is 1. The van der Waals surface area contributed by atoms with E-state index in [0.717, 1.165) is 44.3 Å². The number of carbonyl (C=O) groups is 1. The van der Waals surface area contributed by atoms with E-state index < -0.39 is 5.97 Å². The Morgan fingerprint density at radius 2 is 2.05 bits per heavy atom. The Morgan fingerprint density at radius 1 is 1.29 bits per heavy atom. The van der Waals surface area contributed by atoms with Crippen molar-refractivity contribution in [2.75, 3.05) is 19.6 Å². The Balaban J connectivity index is 1.58. The molecule has 120 valence electrons. The van der Waals surface area contributed by atoms with Crippen molar-refractivity contribution < 1.29 is 9.90 Å². The van der Waals surface area contributed by atoms with Crippen LogP contribution in [-0.4, -0.2) is 47.7 Å². The van der Waals surface area contributed by atoms with Crippen LogP contribution in [0.25, 0.3) is 0 Å². The highest BCUT2D eigenvalue weighted by Gasteiger charge is 2.39. The fourth-order valence-corrected chi connectivity index (χ4v) is 4.13. The minimum Gasteiger partial charge on any atom is -0.481 e. The Morgan fingerprint density at radius 3 is 2.57 bits per heavy atom. The molecule has 0 bridgehead atoms. The molecule has 3 aliphatic rings. The molecule has 3 fully saturated rings. The van der Waals surface area contributed by atoms with Crippen LogP contribution in [0.15, 0.2) is 0 Å². The first-order valence-corrected chi connectivity index (χ1v) is 8.87. The molecule has 4 heteroatoms. The lowest BCUT2D eigenvalue weighted by Crippen LogP contribution is -2.55. The van der Waals surface area contributed by atoms with Gasteiger partial charge in [0.25, 0.3) is 0 Å². The summed E-state index contributed by atoms with van der Waals surface area (Å²) in [6.45, 7) is 5.15. The maximum absolute atomic E-state index is 11.5. The van der Waals surface area contributed by atoms with Crippen molar-refractivity contribution in [2.24, 2.45) is 17.8 Å². The Bertz CT molecular complexity index is 366. The predicted molar refractivity (Wildman–Crippen MR) is 83.3 cm³/mol. The summed E-state index contributed by atoms with van der Waals surface area (Å²) >= 11 is 0. The van der Waals surface area contributed by atoms with E-state index in [2.05, 4.69) is 17.1 Å². The largest absolute Gasteiger partial charge is 0.481 e. The smallest absolute Gasteiger partial charge is 0.307 e. The van der Waals surface area contributed by atoms with Gasteiger partial charge < -0.3 is 10.4 Å². The summed E-state index contributed by atoms with van der Waals surface area (Å²) in [5.74, 6) is 0.870. The molecule has 1 heterocycles. The molecule has 3 atom stereocenters. The van der Waals surface area contributed by atoms with Gasteiger partial charge in [-0.15, -0.1) is 0 Å². The molecule has 1 saturated heterocycles. The molecule has 1 aliphatic heterocycles. The number of nitrogens with zero attached hydrogens (tertiary/aromatic N) is 1. The lowest BCUT2D eigenvalue weighted by molar-refractivity contribution is -0.144. The molecule has 0 spiro atoms. The highest BCUT2D eigenvalue weighted by Crippen LogP contribution is 2.38. The van der Waals surface area contributed by atoms with Crippen LogP contribution < -0.4 is 5.32 Å². The fraction of sp³-hybridized carbons (Fsp3) is 0.941. The molecule has 2 aliphatic carbocycles. The third kappa shape index (κ3) is 3.78. The van der Waals surface area contributed by atoms with Crippen molar-refractivity contribution in [3.63, 3.8) is 0 Å². The minimum absolute atomic E-state index is 0.189. The predicted octanol–water partition coefficient (Wildman–Crippen LogP) is 2.34. The molecule has 0 radical (unpaired) electrons. The molecule has 0 amide bonds. The summed E-state index contributed by atoms with van der Waals surface area (Å²) in [5, 5.41) is 13.1. The second kappa shape index (κ2) is 6.66. The molecular weight excluding hydrogens is 264 g/mol. The van der Waals surface area contributed by atoms with Crippen molar-refractivity contribution in [2.45, 2.75) is 64.0 Å². The first-order valence-electron chi connectivity index (χ1n) is 8.87. The van der Waals surface area contributed by atoms with E-state index in [1.807, 2.05) is 0 Å². The molecule has 0 aromatic rings. The van der Waals surface area contributed by atoms with E-state index in [4.69, 9.17) is 0 Å². The average molecular weight is 294 g/mol. The number of nitrogens with one attached hydrogen (secondary N) is 1. The zero-order valence-corrected chi connectivity index (χ0v) is 13.3. The lowest BCUT2D eigenvalue weighted by Gasteiger charge is -2.42. The van der Waals surface area contributed by atoms with Crippen LogP contribution in [0, 0.1) is 17.8 Å². The number of hydrogen-bond acceptors (Lipinski definition) is 3. The van der Waals surface area contributed by atoms with Crippen LogP contribution in [0.2, 0.25) is 0 Å². The molecule has 0 aromatic carbocycles. The quantitative estimate of drug-likeness (QED) is 0.757. The maximum Gasteiger partial charge on any atom is 0.307 e. The number of carboxylic acids is 1. The van der Waals surface area contributed by atoms with Crippen molar-refractivity contribution in [1.82, 2.24) is 10.2 Å². The summed E-state index contributed by atoms with van der Waals surface area (Å²) < 4.78 is 0. The van der Waals surface area contributed by atoms with E-state index in [0.29, 0.717) is 12.1 Å². The normalized spacial score (nSPS) is 32.6. The number of hydrogen-bond donors (Lipinski definition) is 2. The molecule has 2 saturated carbocycles. The second-order valence-electron chi connectivity index (χ2n) is 7.44. The van der Waals surface area contributed by atoms with Crippen LogP contribution in [0.4, 0.5) is 0 Å². The van der Waals surface area contributed by atoms with Crippen molar-refractivity contribution in [3.05, 3.63) is 0 Å². The van der Waals surface area contributed by atoms with Gasteiger partial charge in [0.2, 0.25) is 0 Å². The van der Waals surface area contributed by atoms with Gasteiger partial charge in [0.1, 0.15) is 0 Å². The zero-order chi connectivity index (χ0) is 14.8. The molecule has 21 heavy (non-hydrogen) atoms. The van der Waals surface area contributed by atoms with Crippen LogP contribution in [0.5, 0.6) is 0 Å². The standard InChI is InChI=1S/C17H30N2O2/c1-2-16(13-6-7-13)19-10-14(17(20)21)8-15(11-19)18-9-12-4-3-5-12/h12-16,18H,2-11H2,1H3,(H,20,21). The van der Waals surface area contributed by atoms with E-state index in [1.165, 1.54) is 32.1 Å². The molecule has 4 nitrogen and oxygen atoms in total. The van der Waals surface area contributed by atoms with Crippen LogP contribution in [-0.2, 0) is 4.79 Å². The van der Waals surface area contributed by atoms with Crippen molar-refractivity contribution >= 4 is 5.97 Å². The Hall–Kier alpha value is -0.610. The van der Waals surface area contributed by atoms with E-state index >= 15 is 0 Å². The zero-order valence-electron chi connectivity index (χ0n) is 13.3. The van der Waals surface area contributed by atoms with E-state index in [9.17, 15) is 9.90 Å². The SMILES string of the molecule is CCC(C1CC1)N1CC(NCC2CCC2)CC(C(=O)O)C1. The average Bonchev–Trinajstić information content (AvgIpc) is 3.22. The Kier molecular flexibility index (Phi) is 4.85. The first kappa shape index (κ1) is 15.3. The Labute approximate surface area is 128 Å². The van der Waals surface area contributed by atoms with Crippen molar-refractivity contribution in [1.29, 1.82) is 0 Å². The van der Waals surface area contributed by atoms with Crippen LogP contribution in [0.3, 0.4) is 0 Å². The lowest BCUT2D eigenvalue weighted by atomic mass is 9.84. The van der Waals surface area contributed by atoms with Gasteiger partial charge >= 0.3 is 5.97 Å². The van der Waals surface area contributed by atoms with Gasteiger partial charge in [0.15, 0.2) is 0 Å². The van der Waals surface area contributed by atoms with Crippen LogP contribution >= 0.6 is 0 Å². The minimum atomic E-state index is -0.610. The van der Waals surface area contributed by atoms with Crippen LogP contribution in [0.1, 0.15) is 51.9 Å². The van der Waals surface area contributed by atoms with Gasteiger partial charge in [0, 0.05) is 25.2 Å². The highest BCUT2D eigenvalue weighted by molar-refractivity contribution is 5.70. The summed E-state index contributed by atoms with van der Waals surface area (Å²) in [7, 11) is 0. The number of likely N-dealkylation sites (tertiary alicyclic amines) is 1. The summed E-state index contributed by atoms with van der Waals surface area (Å²) in [6.07, 6.45) is 8.73. The summed E-state index contributed by atoms with van der Waals surface area (Å²) in [6, 6.07) is 0.980.